The number of hydrogen-bond donors (Lipinski definition) is 0. The second-order valence-electron chi connectivity index (χ2n) is 4.14. The third-order valence-electron chi connectivity index (χ3n) is 3.13. The van der Waals surface area contributed by atoms with Gasteiger partial charge in [-0.1, -0.05) is 0 Å². The van der Waals surface area contributed by atoms with Crippen molar-refractivity contribution in [3.63, 3.8) is 0 Å². The van der Waals surface area contributed by atoms with Crippen LogP contribution in [-0.2, 0) is 0 Å². The minimum Gasteiger partial charge on any atom is -0.496 e. The van der Waals surface area contributed by atoms with E-state index in [1.807, 2.05) is 32.9 Å². The maximum absolute atomic E-state index is 10.8. The summed E-state index contributed by atoms with van der Waals surface area (Å²) in [6.45, 7) is 6.06. The molecule has 18 heavy (non-hydrogen) atoms. The number of aromatic nitrogens is 1. The summed E-state index contributed by atoms with van der Waals surface area (Å²) in [6, 6.07) is 3.94. The van der Waals surface area contributed by atoms with Gasteiger partial charge < -0.3 is 4.74 Å². The number of aldehydes is 1. The number of methoxy groups -OCH3 is 1. The van der Waals surface area contributed by atoms with E-state index in [-0.39, 0.29) is 0 Å². The lowest BCUT2D eigenvalue weighted by atomic mass is 9.99. The van der Waals surface area contributed by atoms with Crippen LogP contribution in [0.4, 0.5) is 0 Å². The topological polar surface area (TPSA) is 39.2 Å². The minimum absolute atomic E-state index is 0.523. The van der Waals surface area contributed by atoms with E-state index < -0.39 is 0 Å². The van der Waals surface area contributed by atoms with Crippen LogP contribution in [0.3, 0.4) is 0 Å². The second-order valence-corrected chi connectivity index (χ2v) is 5.37. The molecule has 2 rings (SSSR count). The molecule has 0 amide bonds. The molecular weight excluding hydrogens is 246 g/mol. The number of benzene rings is 1. The quantitative estimate of drug-likeness (QED) is 0.793. The second kappa shape index (κ2) is 4.90. The zero-order chi connectivity index (χ0) is 13.3. The molecule has 0 saturated carbocycles. The van der Waals surface area contributed by atoms with Gasteiger partial charge >= 0.3 is 0 Å². The molecule has 0 aliphatic heterocycles. The molecule has 1 aromatic heterocycles. The smallest absolute Gasteiger partial charge is 0.178 e. The van der Waals surface area contributed by atoms with Crippen molar-refractivity contribution in [1.29, 1.82) is 0 Å². The number of rotatable bonds is 3. The summed E-state index contributed by atoms with van der Waals surface area (Å²) in [6.07, 6.45) is 0.798. The molecule has 2 aromatic rings. The molecule has 0 fully saturated rings. The zero-order valence-corrected chi connectivity index (χ0v) is 11.7. The van der Waals surface area contributed by atoms with Gasteiger partial charge in [0.2, 0.25) is 0 Å². The van der Waals surface area contributed by atoms with Crippen LogP contribution >= 0.6 is 11.3 Å². The van der Waals surface area contributed by atoms with Gasteiger partial charge in [-0.2, -0.15) is 0 Å². The molecule has 0 aliphatic rings. The molecule has 0 aliphatic carbocycles. The van der Waals surface area contributed by atoms with E-state index in [4.69, 9.17) is 4.74 Å². The zero-order valence-electron chi connectivity index (χ0n) is 10.9. The fraction of sp³-hybridized carbons (Fsp3) is 0.286. The molecule has 94 valence electrons. The Balaban J connectivity index is 2.60. The standard InChI is InChI=1S/C14H15NO2S/c1-8-9(2)12(17-4)6-5-11(8)14-10(3)18-13(7-16)15-14/h5-7H,1-4H3. The summed E-state index contributed by atoms with van der Waals surface area (Å²) in [7, 11) is 1.67. The van der Waals surface area contributed by atoms with Crippen molar-refractivity contribution in [3.05, 3.63) is 33.1 Å². The van der Waals surface area contributed by atoms with E-state index in [2.05, 4.69) is 4.98 Å². The van der Waals surface area contributed by atoms with Gasteiger partial charge in [0.25, 0.3) is 0 Å². The van der Waals surface area contributed by atoms with Crippen LogP contribution in [0, 0.1) is 20.8 Å². The summed E-state index contributed by atoms with van der Waals surface area (Å²) in [5, 5.41) is 0.523. The highest BCUT2D eigenvalue weighted by Gasteiger charge is 2.14. The lowest BCUT2D eigenvalue weighted by molar-refractivity contribution is 0.112. The van der Waals surface area contributed by atoms with Crippen molar-refractivity contribution >= 4 is 17.6 Å². The monoisotopic (exact) mass is 261 g/mol. The van der Waals surface area contributed by atoms with E-state index in [1.165, 1.54) is 11.3 Å². The van der Waals surface area contributed by atoms with Gasteiger partial charge in [0.05, 0.1) is 12.8 Å². The highest BCUT2D eigenvalue weighted by molar-refractivity contribution is 7.13. The summed E-state index contributed by atoms with van der Waals surface area (Å²) in [4.78, 5) is 16.2. The van der Waals surface area contributed by atoms with E-state index in [1.54, 1.807) is 7.11 Å². The Kier molecular flexibility index (Phi) is 3.48. The Hall–Kier alpha value is -1.68. The largest absolute Gasteiger partial charge is 0.496 e. The normalized spacial score (nSPS) is 10.4. The first-order valence-corrected chi connectivity index (χ1v) is 6.47. The minimum atomic E-state index is 0.523. The summed E-state index contributed by atoms with van der Waals surface area (Å²) in [5.41, 5.74) is 4.20. The van der Waals surface area contributed by atoms with Crippen LogP contribution in [0.1, 0.15) is 25.8 Å². The number of aryl methyl sites for hydroxylation is 1. The van der Waals surface area contributed by atoms with Crippen molar-refractivity contribution in [2.75, 3.05) is 7.11 Å². The summed E-state index contributed by atoms with van der Waals surface area (Å²) < 4.78 is 5.30. The van der Waals surface area contributed by atoms with Gasteiger partial charge in [-0.15, -0.1) is 11.3 Å². The van der Waals surface area contributed by atoms with Gasteiger partial charge in [0.1, 0.15) is 5.75 Å². The van der Waals surface area contributed by atoms with E-state index >= 15 is 0 Å². The van der Waals surface area contributed by atoms with Gasteiger partial charge in [0, 0.05) is 10.4 Å². The van der Waals surface area contributed by atoms with Crippen LogP contribution in [0.2, 0.25) is 0 Å². The first-order valence-electron chi connectivity index (χ1n) is 5.65. The van der Waals surface area contributed by atoms with Crippen LogP contribution < -0.4 is 4.74 Å². The highest BCUT2D eigenvalue weighted by Crippen LogP contribution is 2.33. The van der Waals surface area contributed by atoms with Crippen molar-refractivity contribution < 1.29 is 9.53 Å². The molecule has 0 spiro atoms. The number of thiazole rings is 1. The number of carbonyl (C=O) groups excluding carboxylic acids is 1. The van der Waals surface area contributed by atoms with Crippen LogP contribution in [0.5, 0.6) is 5.75 Å². The van der Waals surface area contributed by atoms with Crippen LogP contribution in [0.15, 0.2) is 12.1 Å². The lowest BCUT2D eigenvalue weighted by Gasteiger charge is -2.11. The maximum Gasteiger partial charge on any atom is 0.178 e. The molecule has 0 atom stereocenters. The Bertz CT molecular complexity index is 602. The van der Waals surface area contributed by atoms with Gasteiger partial charge in [-0.3, -0.25) is 4.79 Å². The molecule has 1 heterocycles. The number of ether oxygens (including phenoxy) is 1. The van der Waals surface area contributed by atoms with Crippen molar-refractivity contribution in [1.82, 2.24) is 4.98 Å². The van der Waals surface area contributed by atoms with Crippen LogP contribution in [0.25, 0.3) is 11.3 Å². The fourth-order valence-electron chi connectivity index (χ4n) is 1.99. The van der Waals surface area contributed by atoms with E-state index in [9.17, 15) is 4.79 Å². The highest BCUT2D eigenvalue weighted by atomic mass is 32.1. The molecule has 4 heteroatoms. The van der Waals surface area contributed by atoms with Crippen LogP contribution in [-0.4, -0.2) is 18.4 Å². The van der Waals surface area contributed by atoms with Crippen molar-refractivity contribution in [3.8, 4) is 17.0 Å². The molecule has 3 nitrogen and oxygen atoms in total. The Labute approximate surface area is 110 Å². The SMILES string of the molecule is COc1ccc(-c2nc(C=O)sc2C)c(C)c1C. The lowest BCUT2D eigenvalue weighted by Crippen LogP contribution is -1.94. The first-order chi connectivity index (χ1) is 8.58. The predicted molar refractivity (Wildman–Crippen MR) is 73.7 cm³/mol. The molecule has 0 radical (unpaired) electrons. The molecule has 0 bridgehead atoms. The maximum atomic E-state index is 10.8. The third kappa shape index (κ3) is 2.04. The third-order valence-corrected chi connectivity index (χ3v) is 4.02. The van der Waals surface area contributed by atoms with Crippen molar-refractivity contribution in [2.45, 2.75) is 20.8 Å². The number of nitrogens with zero attached hydrogens (tertiary/aromatic N) is 1. The first kappa shape index (κ1) is 12.8. The number of carbonyl (C=O) groups is 1. The predicted octanol–water partition coefficient (Wildman–Crippen LogP) is 3.56. The van der Waals surface area contributed by atoms with E-state index in [0.29, 0.717) is 5.01 Å². The number of hydrogen-bond acceptors (Lipinski definition) is 4. The Morgan fingerprint density at radius 3 is 2.50 bits per heavy atom. The summed E-state index contributed by atoms with van der Waals surface area (Å²) in [5.74, 6) is 0.875. The molecule has 1 aromatic carbocycles. The van der Waals surface area contributed by atoms with Gasteiger partial charge in [0.15, 0.2) is 11.3 Å². The molecule has 0 N–H and O–H groups in total. The van der Waals surface area contributed by atoms with Gasteiger partial charge in [-0.05, 0) is 44.0 Å². The molecule has 0 unspecified atom stereocenters. The summed E-state index contributed by atoms with van der Waals surface area (Å²) >= 11 is 1.42. The average Bonchev–Trinajstić information content (AvgIpc) is 2.74. The average molecular weight is 261 g/mol. The van der Waals surface area contributed by atoms with Crippen molar-refractivity contribution in [2.24, 2.45) is 0 Å². The molecular formula is C14H15NO2S. The Morgan fingerprint density at radius 2 is 1.94 bits per heavy atom. The van der Waals surface area contributed by atoms with E-state index in [0.717, 1.165) is 39.3 Å². The Morgan fingerprint density at radius 1 is 1.22 bits per heavy atom. The fourth-order valence-corrected chi connectivity index (χ4v) is 2.74. The molecule has 0 saturated heterocycles. The van der Waals surface area contributed by atoms with Gasteiger partial charge in [-0.25, -0.2) is 4.98 Å².